The highest BCUT2D eigenvalue weighted by Crippen LogP contribution is 2.40. The van der Waals surface area contributed by atoms with Gasteiger partial charge in [-0.2, -0.15) is 0 Å². The quantitative estimate of drug-likeness (QED) is 0.411. The fraction of sp³-hybridized carbons (Fsp3) is 0.429. The second-order valence-electron chi connectivity index (χ2n) is 10.4. The average Bonchev–Trinajstić information content (AvgIpc) is 3.03. The van der Waals surface area contributed by atoms with Crippen LogP contribution in [0.25, 0.3) is 6.08 Å². The van der Waals surface area contributed by atoms with Crippen LogP contribution in [0, 0.1) is 5.41 Å². The van der Waals surface area contributed by atoms with Crippen molar-refractivity contribution in [1.29, 1.82) is 0 Å². The molecular weight excluding hydrogens is 481 g/mol. The molecule has 1 saturated carbocycles. The minimum atomic E-state index is -0.166. The molecule has 1 atom stereocenters. The maximum atomic E-state index is 6.42. The molecule has 2 aliphatic rings. The third kappa shape index (κ3) is 5.50. The van der Waals surface area contributed by atoms with E-state index in [9.17, 15) is 0 Å². The van der Waals surface area contributed by atoms with Gasteiger partial charge in [-0.15, -0.1) is 0 Å². The van der Waals surface area contributed by atoms with Crippen LogP contribution in [-0.4, -0.2) is 27.4 Å². The number of aliphatic imine (C=N–C) groups is 1. The van der Waals surface area contributed by atoms with Crippen LogP contribution in [0.15, 0.2) is 59.6 Å². The zero-order chi connectivity index (χ0) is 24.3. The summed E-state index contributed by atoms with van der Waals surface area (Å²) in [5.41, 5.74) is 1.96. The summed E-state index contributed by atoms with van der Waals surface area (Å²) >= 11 is 18.4. The van der Waals surface area contributed by atoms with Gasteiger partial charge in [0.1, 0.15) is 11.4 Å². The normalized spacial score (nSPS) is 20.3. The molecule has 1 aliphatic heterocycles. The third-order valence-corrected chi connectivity index (χ3v) is 7.75. The van der Waals surface area contributed by atoms with Gasteiger partial charge in [0.05, 0.1) is 6.04 Å². The van der Waals surface area contributed by atoms with Gasteiger partial charge < -0.3 is 10.2 Å². The molecule has 1 N–H and O–H groups in total. The van der Waals surface area contributed by atoms with Crippen LogP contribution in [0.2, 0.25) is 10.0 Å². The molecule has 0 aromatic heterocycles. The number of amidine groups is 1. The number of halogens is 2. The monoisotopic (exact) mass is 513 g/mol. The lowest BCUT2D eigenvalue weighted by Crippen LogP contribution is -2.51. The molecule has 2 aromatic carbocycles. The topological polar surface area (TPSA) is 27.6 Å². The van der Waals surface area contributed by atoms with Crippen LogP contribution in [0.1, 0.15) is 64.0 Å². The molecule has 1 aliphatic carbocycles. The molecule has 34 heavy (non-hydrogen) atoms. The molecule has 1 saturated heterocycles. The summed E-state index contributed by atoms with van der Waals surface area (Å²) in [7, 11) is 0. The Morgan fingerprint density at radius 3 is 2.44 bits per heavy atom. The number of nitrogens with one attached hydrogen (secondary N) is 1. The molecule has 2 aromatic rings. The van der Waals surface area contributed by atoms with Gasteiger partial charge in [0, 0.05) is 16.6 Å². The van der Waals surface area contributed by atoms with Gasteiger partial charge in [0.15, 0.2) is 5.11 Å². The molecule has 1 spiro atoms. The molecule has 6 heteroatoms. The number of thiocarbonyl (C=S) groups is 1. The third-order valence-electron chi connectivity index (χ3n) is 6.87. The highest BCUT2D eigenvalue weighted by Gasteiger charge is 2.49. The molecule has 2 fully saturated rings. The summed E-state index contributed by atoms with van der Waals surface area (Å²) < 4.78 is 0. The van der Waals surface area contributed by atoms with Gasteiger partial charge in [-0.1, -0.05) is 112 Å². The predicted molar refractivity (Wildman–Crippen MR) is 150 cm³/mol. The van der Waals surface area contributed by atoms with E-state index in [0.29, 0.717) is 10.0 Å². The highest BCUT2D eigenvalue weighted by molar-refractivity contribution is 7.80. The SMILES string of the molecule is CC(C)(C)C(/C=C/c1ccc(Cl)cc1Cl)N=C1NC(=S)N(Cc2ccccc2)C12CCCCC2. The van der Waals surface area contributed by atoms with E-state index >= 15 is 0 Å². The summed E-state index contributed by atoms with van der Waals surface area (Å²) in [6, 6.07) is 16.1. The smallest absolute Gasteiger partial charge is 0.175 e. The predicted octanol–water partition coefficient (Wildman–Crippen LogP) is 7.91. The molecule has 0 amide bonds. The van der Waals surface area contributed by atoms with Crippen molar-refractivity contribution in [1.82, 2.24) is 10.2 Å². The average molecular weight is 515 g/mol. The van der Waals surface area contributed by atoms with Gasteiger partial charge in [-0.25, -0.2) is 0 Å². The van der Waals surface area contributed by atoms with Crippen molar-refractivity contribution >= 4 is 52.4 Å². The minimum absolute atomic E-state index is 0.0416. The van der Waals surface area contributed by atoms with Gasteiger partial charge in [0.2, 0.25) is 0 Å². The van der Waals surface area contributed by atoms with Crippen molar-refractivity contribution in [2.75, 3.05) is 0 Å². The van der Waals surface area contributed by atoms with Crippen molar-refractivity contribution in [3.63, 3.8) is 0 Å². The van der Waals surface area contributed by atoms with E-state index in [4.69, 9.17) is 40.4 Å². The summed E-state index contributed by atoms with van der Waals surface area (Å²) in [4.78, 5) is 7.73. The van der Waals surface area contributed by atoms with E-state index in [1.807, 2.05) is 12.1 Å². The van der Waals surface area contributed by atoms with Crippen molar-refractivity contribution in [2.45, 2.75) is 71.0 Å². The van der Waals surface area contributed by atoms with Crippen LogP contribution < -0.4 is 5.32 Å². The van der Waals surface area contributed by atoms with E-state index in [0.717, 1.165) is 35.9 Å². The second-order valence-corrected chi connectivity index (χ2v) is 11.6. The van der Waals surface area contributed by atoms with Gasteiger partial charge in [-0.3, -0.25) is 4.99 Å². The molecule has 1 heterocycles. The highest BCUT2D eigenvalue weighted by atomic mass is 35.5. The zero-order valence-corrected chi connectivity index (χ0v) is 22.5. The van der Waals surface area contributed by atoms with Gasteiger partial charge >= 0.3 is 0 Å². The van der Waals surface area contributed by atoms with Crippen molar-refractivity contribution < 1.29 is 0 Å². The Kier molecular flexibility index (Phi) is 7.71. The molecule has 3 nitrogen and oxygen atoms in total. The van der Waals surface area contributed by atoms with E-state index < -0.39 is 0 Å². The first kappa shape index (κ1) is 25.2. The summed E-state index contributed by atoms with van der Waals surface area (Å²) in [6.07, 6.45) is 9.98. The second kappa shape index (κ2) is 10.4. The molecular formula is C28H33Cl2N3S. The number of nitrogens with zero attached hydrogens (tertiary/aromatic N) is 2. The molecule has 0 bridgehead atoms. The van der Waals surface area contributed by atoms with Crippen LogP contribution in [0.5, 0.6) is 0 Å². The molecule has 1 unspecified atom stereocenters. The van der Waals surface area contributed by atoms with E-state index in [1.54, 1.807) is 6.07 Å². The van der Waals surface area contributed by atoms with Crippen LogP contribution in [-0.2, 0) is 6.54 Å². The molecule has 0 radical (unpaired) electrons. The number of hydrogen-bond acceptors (Lipinski definition) is 2. The standard InChI is InChI=1S/C28H33Cl2N3S/c1-27(2,3)24(15-13-21-12-14-22(29)18-23(21)30)31-25-28(16-8-5-9-17-28)33(26(34)32-25)19-20-10-6-4-7-11-20/h4,6-7,10-15,18,24H,5,8-9,16-17,19H2,1-3H3,(H,31,32,34)/b15-13+. The number of benzene rings is 2. The number of rotatable bonds is 5. The van der Waals surface area contributed by atoms with Crippen LogP contribution in [0.4, 0.5) is 0 Å². The molecule has 4 rings (SSSR count). The summed E-state index contributed by atoms with van der Waals surface area (Å²) in [6.45, 7) is 7.45. The fourth-order valence-corrected chi connectivity index (χ4v) is 5.70. The first-order valence-electron chi connectivity index (χ1n) is 12.0. The first-order valence-corrected chi connectivity index (χ1v) is 13.2. The maximum absolute atomic E-state index is 6.42. The van der Waals surface area contributed by atoms with Crippen LogP contribution >= 0.6 is 35.4 Å². The lowest BCUT2D eigenvalue weighted by Gasteiger charge is -2.41. The summed E-state index contributed by atoms with van der Waals surface area (Å²) in [5, 5.41) is 5.59. The lowest BCUT2D eigenvalue weighted by atomic mass is 9.79. The molecule has 180 valence electrons. The minimum Gasteiger partial charge on any atom is -0.332 e. The van der Waals surface area contributed by atoms with E-state index in [2.05, 4.69) is 73.5 Å². The van der Waals surface area contributed by atoms with Gasteiger partial charge in [-0.05, 0) is 53.7 Å². The van der Waals surface area contributed by atoms with Crippen LogP contribution in [0.3, 0.4) is 0 Å². The Morgan fingerprint density at radius 1 is 1.09 bits per heavy atom. The van der Waals surface area contributed by atoms with E-state index in [-0.39, 0.29) is 17.0 Å². The zero-order valence-electron chi connectivity index (χ0n) is 20.2. The Balaban J connectivity index is 1.69. The van der Waals surface area contributed by atoms with Crippen molar-refractivity contribution in [3.8, 4) is 0 Å². The summed E-state index contributed by atoms with van der Waals surface area (Å²) in [5.74, 6) is 1.01. The number of hydrogen-bond donors (Lipinski definition) is 1. The Bertz CT molecular complexity index is 1080. The van der Waals surface area contributed by atoms with Crippen molar-refractivity contribution in [2.24, 2.45) is 10.4 Å². The Morgan fingerprint density at radius 2 is 1.79 bits per heavy atom. The maximum Gasteiger partial charge on any atom is 0.175 e. The largest absolute Gasteiger partial charge is 0.332 e. The van der Waals surface area contributed by atoms with Gasteiger partial charge in [0.25, 0.3) is 0 Å². The Labute approximate surface area is 219 Å². The first-order chi connectivity index (χ1) is 16.2. The Hall–Kier alpha value is -1.88. The van der Waals surface area contributed by atoms with E-state index in [1.165, 1.54) is 24.8 Å². The fourth-order valence-electron chi connectivity index (χ4n) is 4.89. The van der Waals surface area contributed by atoms with Crippen molar-refractivity contribution in [3.05, 3.63) is 75.8 Å². The lowest BCUT2D eigenvalue weighted by molar-refractivity contribution is 0.192.